The van der Waals surface area contributed by atoms with Gasteiger partial charge >= 0.3 is 0 Å². The number of carbonyl (C=O) groups is 1. The van der Waals surface area contributed by atoms with E-state index in [0.29, 0.717) is 5.92 Å². The topological polar surface area (TPSA) is 75.3 Å². The van der Waals surface area contributed by atoms with E-state index in [4.69, 9.17) is 0 Å². The van der Waals surface area contributed by atoms with E-state index >= 15 is 0 Å². The Kier molecular flexibility index (Phi) is 5.58. The number of benzene rings is 1. The minimum Gasteiger partial charge on any atom is -0.352 e. The molecule has 0 radical (unpaired) electrons. The van der Waals surface area contributed by atoms with Gasteiger partial charge in [-0.1, -0.05) is 36.8 Å². The number of hydrogen-bond donors (Lipinski definition) is 2. The molecule has 1 aliphatic rings. The largest absolute Gasteiger partial charge is 0.352 e. The lowest BCUT2D eigenvalue weighted by Gasteiger charge is -2.23. The van der Waals surface area contributed by atoms with Crippen LogP contribution in [0.25, 0.3) is 0 Å². The number of nitrogens with one attached hydrogen (secondary N) is 2. The van der Waals surface area contributed by atoms with Crippen LogP contribution in [0.1, 0.15) is 31.7 Å². The van der Waals surface area contributed by atoms with Crippen molar-refractivity contribution >= 4 is 15.9 Å². The van der Waals surface area contributed by atoms with Crippen molar-refractivity contribution in [1.82, 2.24) is 10.0 Å². The van der Waals surface area contributed by atoms with Crippen molar-refractivity contribution in [2.45, 2.75) is 44.7 Å². The van der Waals surface area contributed by atoms with Gasteiger partial charge in [0.25, 0.3) is 0 Å². The molecule has 1 aromatic carbocycles. The molecule has 0 bridgehead atoms. The molecule has 3 atom stereocenters. The summed E-state index contributed by atoms with van der Waals surface area (Å²) in [5.74, 6) is 0.159. The van der Waals surface area contributed by atoms with E-state index in [0.717, 1.165) is 31.9 Å². The van der Waals surface area contributed by atoms with E-state index in [-0.39, 0.29) is 11.9 Å². The van der Waals surface area contributed by atoms with Crippen LogP contribution in [0.4, 0.5) is 0 Å². The van der Waals surface area contributed by atoms with Crippen molar-refractivity contribution in [1.29, 1.82) is 0 Å². The fraction of sp³-hybridized carbons (Fsp3) is 0.562. The average Bonchev–Trinajstić information content (AvgIpc) is 2.85. The number of carbonyl (C=O) groups excluding carboxylic acids is 1. The molecule has 2 N–H and O–H groups in total. The Morgan fingerprint density at radius 3 is 2.59 bits per heavy atom. The molecule has 5 nitrogen and oxygen atoms in total. The highest BCUT2D eigenvalue weighted by Gasteiger charge is 2.30. The molecule has 1 aliphatic carbocycles. The van der Waals surface area contributed by atoms with Crippen LogP contribution in [0.5, 0.6) is 0 Å². The van der Waals surface area contributed by atoms with Crippen molar-refractivity contribution in [2.24, 2.45) is 5.92 Å². The second-order valence-electron chi connectivity index (χ2n) is 6.11. The third kappa shape index (κ3) is 5.10. The Balaban J connectivity index is 1.92. The molecule has 0 aromatic heterocycles. The molecule has 0 spiro atoms. The van der Waals surface area contributed by atoms with Gasteiger partial charge in [0.15, 0.2) is 0 Å². The molecule has 1 amide bonds. The van der Waals surface area contributed by atoms with Crippen LogP contribution in [0, 0.1) is 5.92 Å². The van der Waals surface area contributed by atoms with Crippen molar-refractivity contribution in [3.63, 3.8) is 0 Å². The summed E-state index contributed by atoms with van der Waals surface area (Å²) in [4.78, 5) is 12.1. The van der Waals surface area contributed by atoms with Crippen molar-refractivity contribution in [2.75, 3.05) is 6.26 Å². The maximum Gasteiger partial charge on any atom is 0.238 e. The summed E-state index contributed by atoms with van der Waals surface area (Å²) in [7, 11) is -3.37. The Hall–Kier alpha value is -1.40. The summed E-state index contributed by atoms with van der Waals surface area (Å²) >= 11 is 0. The molecular weight excluding hydrogens is 300 g/mol. The Morgan fingerprint density at radius 2 is 1.95 bits per heavy atom. The van der Waals surface area contributed by atoms with E-state index in [1.165, 1.54) is 5.56 Å². The lowest BCUT2D eigenvalue weighted by Crippen LogP contribution is -2.48. The fourth-order valence-corrected chi connectivity index (χ4v) is 3.82. The minimum atomic E-state index is -3.37. The van der Waals surface area contributed by atoms with Crippen molar-refractivity contribution in [3.05, 3.63) is 35.9 Å². The molecule has 6 heteroatoms. The molecule has 1 fully saturated rings. The summed E-state index contributed by atoms with van der Waals surface area (Å²) < 4.78 is 24.7. The lowest BCUT2D eigenvalue weighted by atomic mass is 9.94. The Labute approximate surface area is 132 Å². The van der Waals surface area contributed by atoms with Crippen LogP contribution in [-0.2, 0) is 21.2 Å². The summed E-state index contributed by atoms with van der Waals surface area (Å²) in [5.41, 5.74) is 1.27. The van der Waals surface area contributed by atoms with Gasteiger partial charge in [0.05, 0.1) is 12.3 Å². The molecule has 0 heterocycles. The fourth-order valence-electron chi connectivity index (χ4n) is 3.07. The number of amides is 1. The second kappa shape index (κ2) is 7.24. The predicted octanol–water partition coefficient (Wildman–Crippen LogP) is 1.45. The predicted molar refractivity (Wildman–Crippen MR) is 86.9 cm³/mol. The van der Waals surface area contributed by atoms with Gasteiger partial charge in [0.1, 0.15) is 0 Å². The molecule has 0 saturated heterocycles. The van der Waals surface area contributed by atoms with Crippen LogP contribution in [0.3, 0.4) is 0 Å². The van der Waals surface area contributed by atoms with Gasteiger partial charge in [-0.3, -0.25) is 4.79 Å². The van der Waals surface area contributed by atoms with E-state index < -0.39 is 16.1 Å². The molecule has 0 unspecified atom stereocenters. The summed E-state index contributed by atoms with van der Waals surface area (Å²) in [6, 6.07) is 9.63. The van der Waals surface area contributed by atoms with Gasteiger partial charge in [-0.2, -0.15) is 0 Å². The highest BCUT2D eigenvalue weighted by molar-refractivity contribution is 7.88. The first-order chi connectivity index (χ1) is 10.3. The van der Waals surface area contributed by atoms with Crippen LogP contribution in [0.2, 0.25) is 0 Å². The van der Waals surface area contributed by atoms with Crippen LogP contribution in [-0.4, -0.2) is 32.7 Å². The highest BCUT2D eigenvalue weighted by Crippen LogP contribution is 2.28. The zero-order valence-corrected chi connectivity index (χ0v) is 13.9. The maximum atomic E-state index is 12.1. The maximum absolute atomic E-state index is 12.1. The van der Waals surface area contributed by atoms with Gasteiger partial charge in [0, 0.05) is 6.04 Å². The molecule has 1 saturated carbocycles. The normalized spacial score (nSPS) is 23.2. The monoisotopic (exact) mass is 324 g/mol. The zero-order chi connectivity index (χ0) is 16.2. The van der Waals surface area contributed by atoms with Crippen molar-refractivity contribution < 1.29 is 13.2 Å². The lowest BCUT2D eigenvalue weighted by molar-refractivity contribution is -0.123. The minimum absolute atomic E-state index is 0.122. The van der Waals surface area contributed by atoms with E-state index in [9.17, 15) is 13.2 Å². The van der Waals surface area contributed by atoms with Crippen molar-refractivity contribution in [3.8, 4) is 0 Å². The number of hydrogen-bond acceptors (Lipinski definition) is 3. The molecule has 122 valence electrons. The third-order valence-electron chi connectivity index (χ3n) is 4.11. The Bertz CT molecular complexity index is 601. The first-order valence-electron chi connectivity index (χ1n) is 7.67. The van der Waals surface area contributed by atoms with E-state index in [1.54, 1.807) is 6.92 Å². The Morgan fingerprint density at radius 1 is 1.27 bits per heavy atom. The van der Waals surface area contributed by atoms with E-state index in [1.807, 2.05) is 18.2 Å². The first-order valence-corrected chi connectivity index (χ1v) is 9.56. The van der Waals surface area contributed by atoms with E-state index in [2.05, 4.69) is 22.2 Å². The van der Waals surface area contributed by atoms with Gasteiger partial charge in [-0.25, -0.2) is 13.1 Å². The summed E-state index contributed by atoms with van der Waals surface area (Å²) in [6.07, 6.45) is 5.14. The molecule has 1 aromatic rings. The third-order valence-corrected chi connectivity index (χ3v) is 4.89. The molecular formula is C16H24N2O3S. The van der Waals surface area contributed by atoms with Gasteiger partial charge < -0.3 is 5.32 Å². The molecule has 2 rings (SSSR count). The van der Waals surface area contributed by atoms with Gasteiger partial charge in [0.2, 0.25) is 15.9 Å². The van der Waals surface area contributed by atoms with Gasteiger partial charge in [-0.05, 0) is 37.7 Å². The standard InChI is InChI=1S/C16H24N2O3S/c1-12(18-22(2,20)21)16(19)17-15-10-6-9-14(15)11-13-7-4-3-5-8-13/h3-5,7-8,12,14-15,18H,6,9-11H2,1-2H3,(H,17,19)/t12-,14-,15-/m1/s1. The quantitative estimate of drug-likeness (QED) is 0.832. The zero-order valence-electron chi connectivity index (χ0n) is 13.1. The summed E-state index contributed by atoms with van der Waals surface area (Å²) in [6.45, 7) is 1.57. The number of rotatable bonds is 6. The molecule has 0 aliphatic heterocycles. The summed E-state index contributed by atoms with van der Waals surface area (Å²) in [5, 5.41) is 3.01. The van der Waals surface area contributed by atoms with Gasteiger partial charge in [-0.15, -0.1) is 0 Å². The SMILES string of the molecule is C[C@@H](NS(C)(=O)=O)C(=O)N[C@@H]1CCC[C@@H]1Cc1ccccc1. The highest BCUT2D eigenvalue weighted by atomic mass is 32.2. The number of sulfonamides is 1. The van der Waals surface area contributed by atoms with Crippen LogP contribution >= 0.6 is 0 Å². The van der Waals surface area contributed by atoms with Crippen LogP contribution < -0.4 is 10.0 Å². The smallest absolute Gasteiger partial charge is 0.238 e. The molecule has 22 heavy (non-hydrogen) atoms. The second-order valence-corrected chi connectivity index (χ2v) is 7.89. The average molecular weight is 324 g/mol. The first kappa shape index (κ1) is 17.0. The van der Waals surface area contributed by atoms with Crippen LogP contribution in [0.15, 0.2) is 30.3 Å².